The summed E-state index contributed by atoms with van der Waals surface area (Å²) in [7, 11) is 0. The van der Waals surface area contributed by atoms with Crippen LogP contribution >= 0.6 is 0 Å². The molecule has 0 aromatic carbocycles. The van der Waals surface area contributed by atoms with E-state index in [0.717, 1.165) is 12.8 Å². The number of aromatic nitrogens is 2. The van der Waals surface area contributed by atoms with Gasteiger partial charge in [0.05, 0.1) is 11.8 Å². The predicted octanol–water partition coefficient (Wildman–Crippen LogP) is 1.55. The van der Waals surface area contributed by atoms with Crippen molar-refractivity contribution in [2.75, 3.05) is 6.54 Å². The Balaban J connectivity index is 1.98. The summed E-state index contributed by atoms with van der Waals surface area (Å²) in [5, 5.41) is 3.53. The first-order valence-corrected chi connectivity index (χ1v) is 5.05. The topological polar surface area (TPSA) is 64.9 Å². The van der Waals surface area contributed by atoms with Crippen LogP contribution in [0, 0.1) is 0 Å². The van der Waals surface area contributed by atoms with E-state index in [4.69, 9.17) is 10.3 Å². The Hall–Kier alpha value is -1.11. The SMILES string of the molecule is NCC1(c2nc(CCC(F)(F)F)no2)CC1. The molecule has 90 valence electrons. The summed E-state index contributed by atoms with van der Waals surface area (Å²) in [6.45, 7) is 0.397. The lowest BCUT2D eigenvalue weighted by molar-refractivity contribution is -0.134. The van der Waals surface area contributed by atoms with Gasteiger partial charge in [-0.1, -0.05) is 5.16 Å². The maximum atomic E-state index is 12.0. The van der Waals surface area contributed by atoms with Crippen LogP contribution in [-0.2, 0) is 11.8 Å². The summed E-state index contributed by atoms with van der Waals surface area (Å²) in [5.41, 5.74) is 5.29. The van der Waals surface area contributed by atoms with Gasteiger partial charge in [0, 0.05) is 13.0 Å². The lowest BCUT2D eigenvalue weighted by Gasteiger charge is -2.04. The number of hydrogen-bond acceptors (Lipinski definition) is 4. The first kappa shape index (κ1) is 11.4. The molecule has 0 aliphatic heterocycles. The highest BCUT2D eigenvalue weighted by Gasteiger charge is 2.48. The van der Waals surface area contributed by atoms with Gasteiger partial charge in [0.2, 0.25) is 5.89 Å². The Labute approximate surface area is 90.0 Å². The molecule has 1 heterocycles. The quantitative estimate of drug-likeness (QED) is 0.860. The van der Waals surface area contributed by atoms with E-state index in [0.29, 0.717) is 12.4 Å². The molecule has 1 aromatic rings. The molecule has 0 bridgehead atoms. The molecule has 1 aliphatic carbocycles. The van der Waals surface area contributed by atoms with Crippen molar-refractivity contribution >= 4 is 0 Å². The second kappa shape index (κ2) is 3.73. The minimum absolute atomic E-state index is 0.104. The molecule has 0 spiro atoms. The van der Waals surface area contributed by atoms with Gasteiger partial charge >= 0.3 is 6.18 Å². The molecule has 1 aliphatic rings. The molecule has 0 atom stereocenters. The molecule has 0 saturated heterocycles. The number of alkyl halides is 3. The zero-order chi connectivity index (χ0) is 11.8. The van der Waals surface area contributed by atoms with Gasteiger partial charge in [0.15, 0.2) is 5.82 Å². The van der Waals surface area contributed by atoms with Gasteiger partial charge in [-0.25, -0.2) is 0 Å². The Bertz CT molecular complexity index is 370. The first-order valence-electron chi connectivity index (χ1n) is 5.05. The molecule has 0 amide bonds. The zero-order valence-electron chi connectivity index (χ0n) is 8.55. The fraction of sp³-hybridized carbons (Fsp3) is 0.778. The van der Waals surface area contributed by atoms with Crippen LogP contribution in [0.5, 0.6) is 0 Å². The summed E-state index contributed by atoms with van der Waals surface area (Å²) in [4.78, 5) is 3.96. The first-order chi connectivity index (χ1) is 7.45. The number of nitrogens with two attached hydrogens (primary N) is 1. The van der Waals surface area contributed by atoms with Crippen LogP contribution in [0.3, 0.4) is 0 Å². The second-order valence-electron chi connectivity index (χ2n) is 4.12. The number of hydrogen-bond donors (Lipinski definition) is 1. The molecular formula is C9H12F3N3O. The smallest absolute Gasteiger partial charge is 0.339 e. The Morgan fingerprint density at radius 1 is 1.38 bits per heavy atom. The van der Waals surface area contributed by atoms with Crippen LogP contribution in [0.15, 0.2) is 4.52 Å². The average molecular weight is 235 g/mol. The molecule has 1 fully saturated rings. The van der Waals surface area contributed by atoms with Crippen molar-refractivity contribution in [1.29, 1.82) is 0 Å². The average Bonchev–Trinajstić information content (AvgIpc) is 2.86. The number of halogens is 3. The van der Waals surface area contributed by atoms with Gasteiger partial charge in [-0.2, -0.15) is 18.2 Å². The lowest BCUT2D eigenvalue weighted by Crippen LogP contribution is -2.20. The van der Waals surface area contributed by atoms with Crippen molar-refractivity contribution in [3.63, 3.8) is 0 Å². The van der Waals surface area contributed by atoms with Crippen molar-refractivity contribution in [3.8, 4) is 0 Å². The molecule has 7 heteroatoms. The van der Waals surface area contributed by atoms with Crippen molar-refractivity contribution in [2.45, 2.75) is 37.3 Å². The number of aryl methyl sites for hydroxylation is 1. The monoisotopic (exact) mass is 235 g/mol. The fourth-order valence-corrected chi connectivity index (χ4v) is 1.48. The number of rotatable bonds is 4. The standard InChI is InChI=1S/C9H12F3N3O/c10-9(11,12)2-1-6-14-7(16-15-6)8(5-13)3-4-8/h1-5,13H2. The third-order valence-corrected chi connectivity index (χ3v) is 2.80. The highest BCUT2D eigenvalue weighted by Crippen LogP contribution is 2.46. The van der Waals surface area contributed by atoms with Crippen LogP contribution in [-0.4, -0.2) is 22.9 Å². The number of nitrogens with zero attached hydrogens (tertiary/aromatic N) is 2. The van der Waals surface area contributed by atoms with Gasteiger partial charge in [0.25, 0.3) is 0 Å². The van der Waals surface area contributed by atoms with Crippen molar-refractivity contribution < 1.29 is 17.7 Å². The summed E-state index contributed by atoms with van der Waals surface area (Å²) >= 11 is 0. The van der Waals surface area contributed by atoms with Crippen molar-refractivity contribution in [2.24, 2.45) is 5.73 Å². The van der Waals surface area contributed by atoms with Gasteiger partial charge in [-0.15, -0.1) is 0 Å². The van der Waals surface area contributed by atoms with Crippen LogP contribution < -0.4 is 5.73 Å². The Morgan fingerprint density at radius 3 is 2.56 bits per heavy atom. The van der Waals surface area contributed by atoms with Gasteiger partial charge in [-0.05, 0) is 12.8 Å². The van der Waals surface area contributed by atoms with Crippen molar-refractivity contribution in [3.05, 3.63) is 11.7 Å². The molecular weight excluding hydrogens is 223 g/mol. The maximum absolute atomic E-state index is 12.0. The molecule has 2 N–H and O–H groups in total. The van der Waals surface area contributed by atoms with E-state index in [1.54, 1.807) is 0 Å². The van der Waals surface area contributed by atoms with E-state index in [2.05, 4.69) is 10.1 Å². The summed E-state index contributed by atoms with van der Waals surface area (Å²) in [6, 6.07) is 0. The molecule has 1 saturated carbocycles. The maximum Gasteiger partial charge on any atom is 0.389 e. The van der Waals surface area contributed by atoms with E-state index < -0.39 is 12.6 Å². The minimum atomic E-state index is -4.19. The third-order valence-electron chi connectivity index (χ3n) is 2.80. The molecule has 2 rings (SSSR count). The van der Waals surface area contributed by atoms with E-state index >= 15 is 0 Å². The van der Waals surface area contributed by atoms with Crippen molar-refractivity contribution in [1.82, 2.24) is 10.1 Å². The van der Waals surface area contributed by atoms with Crippen LogP contribution in [0.4, 0.5) is 13.2 Å². The largest absolute Gasteiger partial charge is 0.389 e. The van der Waals surface area contributed by atoms with E-state index in [9.17, 15) is 13.2 Å². The van der Waals surface area contributed by atoms with Crippen LogP contribution in [0.1, 0.15) is 31.0 Å². The highest BCUT2D eigenvalue weighted by molar-refractivity contribution is 5.16. The molecule has 4 nitrogen and oxygen atoms in total. The minimum Gasteiger partial charge on any atom is -0.339 e. The van der Waals surface area contributed by atoms with E-state index in [1.165, 1.54) is 0 Å². The second-order valence-corrected chi connectivity index (χ2v) is 4.12. The Morgan fingerprint density at radius 2 is 2.06 bits per heavy atom. The summed E-state index contributed by atoms with van der Waals surface area (Å²) in [6.07, 6.45) is -3.63. The summed E-state index contributed by atoms with van der Waals surface area (Å²) < 4.78 is 40.8. The van der Waals surface area contributed by atoms with Crippen LogP contribution in [0.25, 0.3) is 0 Å². The highest BCUT2D eigenvalue weighted by atomic mass is 19.4. The third kappa shape index (κ3) is 2.34. The van der Waals surface area contributed by atoms with E-state index in [-0.39, 0.29) is 17.7 Å². The summed E-state index contributed by atoms with van der Waals surface area (Å²) in [5.74, 6) is 0.485. The molecule has 16 heavy (non-hydrogen) atoms. The molecule has 1 aromatic heterocycles. The Kier molecular flexibility index (Phi) is 2.65. The van der Waals surface area contributed by atoms with E-state index in [1.807, 2.05) is 0 Å². The van der Waals surface area contributed by atoms with Gasteiger partial charge in [0.1, 0.15) is 0 Å². The molecule has 0 unspecified atom stereocenters. The lowest BCUT2D eigenvalue weighted by atomic mass is 10.1. The zero-order valence-corrected chi connectivity index (χ0v) is 8.55. The van der Waals surface area contributed by atoms with Gasteiger partial charge < -0.3 is 10.3 Å². The predicted molar refractivity (Wildman–Crippen MR) is 48.6 cm³/mol. The van der Waals surface area contributed by atoms with Crippen LogP contribution in [0.2, 0.25) is 0 Å². The normalized spacial score (nSPS) is 18.8. The molecule has 0 radical (unpaired) electrons. The fourth-order valence-electron chi connectivity index (χ4n) is 1.48. The van der Waals surface area contributed by atoms with Gasteiger partial charge in [-0.3, -0.25) is 0 Å².